The second-order valence-electron chi connectivity index (χ2n) is 5.66. The Labute approximate surface area is 122 Å². The molecule has 0 heterocycles. The summed E-state index contributed by atoms with van der Waals surface area (Å²) in [4.78, 5) is 22.5. The van der Waals surface area contributed by atoms with E-state index < -0.39 is 17.5 Å². The zero-order valence-corrected chi connectivity index (χ0v) is 13.1. The lowest BCUT2D eigenvalue weighted by Gasteiger charge is -2.33. The van der Waals surface area contributed by atoms with Gasteiger partial charge in [0.2, 0.25) is 0 Å². The number of aliphatic carboxylic acids is 1. The van der Waals surface area contributed by atoms with Crippen LogP contribution < -0.4 is 11.1 Å². The summed E-state index contributed by atoms with van der Waals surface area (Å²) >= 11 is 0. The Morgan fingerprint density at radius 2 is 1.70 bits per heavy atom. The van der Waals surface area contributed by atoms with Gasteiger partial charge in [0.05, 0.1) is 0 Å². The van der Waals surface area contributed by atoms with Crippen molar-refractivity contribution in [2.45, 2.75) is 77.7 Å². The number of primary amides is 1. The first-order valence-electron chi connectivity index (χ1n) is 7.69. The fourth-order valence-corrected chi connectivity index (χ4v) is 2.66. The van der Waals surface area contributed by atoms with Gasteiger partial charge in [-0.3, -0.25) is 0 Å². The molecule has 0 aliphatic rings. The molecule has 0 bridgehead atoms. The van der Waals surface area contributed by atoms with Crippen LogP contribution in [0.15, 0.2) is 0 Å². The largest absolute Gasteiger partial charge is 0.480 e. The molecule has 5 heteroatoms. The van der Waals surface area contributed by atoms with E-state index in [9.17, 15) is 14.7 Å². The highest BCUT2D eigenvalue weighted by Gasteiger charge is 2.41. The zero-order chi connectivity index (χ0) is 15.6. The van der Waals surface area contributed by atoms with Gasteiger partial charge in [0.15, 0.2) is 0 Å². The van der Waals surface area contributed by atoms with Crippen LogP contribution in [0.2, 0.25) is 0 Å². The Kier molecular flexibility index (Phi) is 9.01. The standard InChI is InChI=1S/C15H30N2O3/c1-4-6-7-8-9-10-11-12(5-2)15(3,13(18)19)17-14(16)20/h12H,4-11H2,1-3H3,(H,18,19)(H3,16,17,20). The van der Waals surface area contributed by atoms with E-state index in [0.717, 1.165) is 19.3 Å². The van der Waals surface area contributed by atoms with E-state index >= 15 is 0 Å². The molecule has 0 saturated heterocycles. The molecule has 5 nitrogen and oxygen atoms in total. The number of unbranched alkanes of at least 4 members (excludes halogenated alkanes) is 5. The van der Waals surface area contributed by atoms with Gasteiger partial charge in [-0.05, 0) is 19.3 Å². The fraction of sp³-hybridized carbons (Fsp3) is 0.867. The first kappa shape index (κ1) is 18.7. The summed E-state index contributed by atoms with van der Waals surface area (Å²) in [6.45, 7) is 5.68. The number of nitrogens with one attached hydrogen (secondary N) is 1. The quantitative estimate of drug-likeness (QED) is 0.509. The van der Waals surface area contributed by atoms with Gasteiger partial charge in [-0.25, -0.2) is 9.59 Å². The molecule has 2 atom stereocenters. The number of carboxylic acids is 1. The second kappa shape index (κ2) is 9.61. The lowest BCUT2D eigenvalue weighted by molar-refractivity contribution is -0.146. The number of nitrogens with two attached hydrogens (primary N) is 1. The molecule has 20 heavy (non-hydrogen) atoms. The number of carboxylic acid groups (broad SMARTS) is 1. The molecule has 0 spiro atoms. The molecule has 0 aliphatic carbocycles. The van der Waals surface area contributed by atoms with E-state index in [1.165, 1.54) is 25.7 Å². The number of carbonyl (C=O) groups is 2. The van der Waals surface area contributed by atoms with Crippen molar-refractivity contribution >= 4 is 12.0 Å². The lowest BCUT2D eigenvalue weighted by Crippen LogP contribution is -2.58. The Hall–Kier alpha value is -1.26. The van der Waals surface area contributed by atoms with E-state index in [2.05, 4.69) is 12.2 Å². The van der Waals surface area contributed by atoms with E-state index in [1.807, 2.05) is 6.92 Å². The maximum absolute atomic E-state index is 11.5. The molecule has 0 aromatic rings. The van der Waals surface area contributed by atoms with Crippen molar-refractivity contribution < 1.29 is 14.7 Å². The van der Waals surface area contributed by atoms with Crippen molar-refractivity contribution in [3.8, 4) is 0 Å². The van der Waals surface area contributed by atoms with Crippen molar-refractivity contribution in [3.05, 3.63) is 0 Å². The van der Waals surface area contributed by atoms with Crippen LogP contribution in [0.3, 0.4) is 0 Å². The van der Waals surface area contributed by atoms with Crippen LogP contribution in [0, 0.1) is 5.92 Å². The Morgan fingerprint density at radius 1 is 1.15 bits per heavy atom. The van der Waals surface area contributed by atoms with Gasteiger partial charge in [-0.1, -0.05) is 58.8 Å². The van der Waals surface area contributed by atoms with Crippen LogP contribution in [0.5, 0.6) is 0 Å². The highest BCUT2D eigenvalue weighted by molar-refractivity contribution is 5.85. The minimum Gasteiger partial charge on any atom is -0.480 e. The summed E-state index contributed by atoms with van der Waals surface area (Å²) in [5.74, 6) is -1.12. The van der Waals surface area contributed by atoms with Crippen LogP contribution in [-0.4, -0.2) is 22.6 Å². The van der Waals surface area contributed by atoms with Crippen molar-refractivity contribution in [2.24, 2.45) is 11.7 Å². The molecule has 0 rings (SSSR count). The maximum Gasteiger partial charge on any atom is 0.329 e. The third kappa shape index (κ3) is 6.26. The molecule has 0 radical (unpaired) electrons. The normalized spacial score (nSPS) is 15.3. The van der Waals surface area contributed by atoms with Crippen LogP contribution in [0.4, 0.5) is 4.79 Å². The second-order valence-corrected chi connectivity index (χ2v) is 5.66. The summed E-state index contributed by atoms with van der Waals surface area (Å²) < 4.78 is 0. The third-order valence-corrected chi connectivity index (χ3v) is 4.04. The summed E-state index contributed by atoms with van der Waals surface area (Å²) in [6, 6.07) is -0.781. The van der Waals surface area contributed by atoms with Crippen LogP contribution in [0.25, 0.3) is 0 Å². The van der Waals surface area contributed by atoms with E-state index in [0.29, 0.717) is 6.42 Å². The molecular weight excluding hydrogens is 256 g/mol. The van der Waals surface area contributed by atoms with Gasteiger partial charge in [0, 0.05) is 0 Å². The molecule has 0 aromatic carbocycles. The number of rotatable bonds is 11. The Balaban J connectivity index is 4.38. The molecule has 118 valence electrons. The van der Waals surface area contributed by atoms with Gasteiger partial charge >= 0.3 is 12.0 Å². The van der Waals surface area contributed by atoms with E-state index in [4.69, 9.17) is 5.73 Å². The number of hydrogen-bond acceptors (Lipinski definition) is 2. The SMILES string of the molecule is CCCCCCCCC(CC)C(C)(NC(N)=O)C(=O)O. The third-order valence-electron chi connectivity index (χ3n) is 4.04. The minimum atomic E-state index is -1.27. The fourth-order valence-electron chi connectivity index (χ4n) is 2.66. The van der Waals surface area contributed by atoms with Gasteiger partial charge < -0.3 is 16.2 Å². The predicted molar refractivity (Wildman–Crippen MR) is 80.5 cm³/mol. The van der Waals surface area contributed by atoms with Gasteiger partial charge in [-0.2, -0.15) is 0 Å². The first-order valence-corrected chi connectivity index (χ1v) is 7.69. The lowest BCUT2D eigenvalue weighted by atomic mass is 9.80. The Bertz CT molecular complexity index is 307. The number of amides is 2. The predicted octanol–water partition coefficient (Wildman–Crippen LogP) is 3.27. The Morgan fingerprint density at radius 3 is 2.15 bits per heavy atom. The van der Waals surface area contributed by atoms with Gasteiger partial charge in [0.25, 0.3) is 0 Å². The number of urea groups is 1. The average molecular weight is 286 g/mol. The summed E-state index contributed by atoms with van der Waals surface area (Å²) in [7, 11) is 0. The molecule has 2 amide bonds. The van der Waals surface area contributed by atoms with E-state index in [1.54, 1.807) is 6.92 Å². The highest BCUT2D eigenvalue weighted by atomic mass is 16.4. The zero-order valence-electron chi connectivity index (χ0n) is 13.1. The first-order chi connectivity index (χ1) is 9.38. The highest BCUT2D eigenvalue weighted by Crippen LogP contribution is 2.27. The van der Waals surface area contributed by atoms with Crippen LogP contribution in [-0.2, 0) is 4.79 Å². The number of hydrogen-bond donors (Lipinski definition) is 3. The number of carbonyl (C=O) groups excluding carboxylic acids is 1. The van der Waals surface area contributed by atoms with Crippen LogP contribution in [0.1, 0.15) is 72.1 Å². The molecular formula is C15H30N2O3. The smallest absolute Gasteiger partial charge is 0.329 e. The summed E-state index contributed by atoms with van der Waals surface area (Å²) in [5.41, 5.74) is 3.83. The summed E-state index contributed by atoms with van der Waals surface area (Å²) in [6.07, 6.45) is 8.52. The molecule has 0 aliphatic heterocycles. The molecule has 2 unspecified atom stereocenters. The molecule has 0 saturated carbocycles. The average Bonchev–Trinajstić information content (AvgIpc) is 2.36. The summed E-state index contributed by atoms with van der Waals surface area (Å²) in [5, 5.41) is 11.8. The van der Waals surface area contributed by atoms with Crippen molar-refractivity contribution in [3.63, 3.8) is 0 Å². The molecule has 0 aromatic heterocycles. The van der Waals surface area contributed by atoms with Gasteiger partial charge in [0.1, 0.15) is 5.54 Å². The minimum absolute atomic E-state index is 0.0984. The topological polar surface area (TPSA) is 92.4 Å². The molecule has 0 fully saturated rings. The molecule has 4 N–H and O–H groups in total. The van der Waals surface area contributed by atoms with Crippen LogP contribution >= 0.6 is 0 Å². The van der Waals surface area contributed by atoms with Crippen molar-refractivity contribution in [1.29, 1.82) is 0 Å². The van der Waals surface area contributed by atoms with Crippen molar-refractivity contribution in [2.75, 3.05) is 0 Å². The monoisotopic (exact) mass is 286 g/mol. The van der Waals surface area contributed by atoms with Crippen molar-refractivity contribution in [1.82, 2.24) is 5.32 Å². The van der Waals surface area contributed by atoms with E-state index in [-0.39, 0.29) is 5.92 Å². The van der Waals surface area contributed by atoms with Gasteiger partial charge in [-0.15, -0.1) is 0 Å². The maximum atomic E-state index is 11.5.